The van der Waals surface area contributed by atoms with Gasteiger partial charge in [-0.1, -0.05) is 30.3 Å². The second-order valence-corrected chi connectivity index (χ2v) is 8.87. The summed E-state index contributed by atoms with van der Waals surface area (Å²) < 4.78 is 14.4. The Hall–Kier alpha value is -0.880. The third-order valence-corrected chi connectivity index (χ3v) is 7.26. The highest BCUT2D eigenvalue weighted by atomic mass is 127. The molecule has 3 nitrogen and oxygen atoms in total. The molecule has 26 heavy (non-hydrogen) atoms. The van der Waals surface area contributed by atoms with Gasteiger partial charge in [-0.3, -0.25) is 0 Å². The van der Waals surface area contributed by atoms with E-state index >= 15 is 0 Å². The van der Waals surface area contributed by atoms with E-state index in [0.717, 1.165) is 18.5 Å². The van der Waals surface area contributed by atoms with Crippen molar-refractivity contribution in [2.75, 3.05) is 0 Å². The molecule has 0 aliphatic heterocycles. The smallest absolute Gasteiger partial charge is 0.339 e. The lowest BCUT2D eigenvalue weighted by molar-refractivity contribution is 0.0471. The Kier molecular flexibility index (Phi) is 7.15. The number of halogens is 3. The zero-order valence-electron chi connectivity index (χ0n) is 13.4. The van der Waals surface area contributed by atoms with Gasteiger partial charge in [0.15, 0.2) is 0 Å². The van der Waals surface area contributed by atoms with Crippen LogP contribution in [0.25, 0.3) is 0 Å². The standard InChI is InChI=1S/C20H13I3O3/c21-17-9-7-15(11-19(17)23)26-14-6-8-16(18(22)10-14)20(24)25-12-13-4-2-1-3-5-13/h1-11H,12H2. The Labute approximate surface area is 192 Å². The first-order valence-electron chi connectivity index (χ1n) is 7.66. The van der Waals surface area contributed by atoms with Crippen molar-refractivity contribution in [3.05, 3.63) is 88.6 Å². The topological polar surface area (TPSA) is 35.5 Å². The van der Waals surface area contributed by atoms with E-state index in [1.54, 1.807) is 12.1 Å². The van der Waals surface area contributed by atoms with Gasteiger partial charge in [-0.15, -0.1) is 0 Å². The van der Waals surface area contributed by atoms with Crippen molar-refractivity contribution < 1.29 is 14.3 Å². The predicted octanol–water partition coefficient (Wildman–Crippen LogP) is 6.65. The van der Waals surface area contributed by atoms with Crippen LogP contribution in [0.15, 0.2) is 66.7 Å². The number of carbonyl (C=O) groups excluding carboxylic acids is 1. The maximum atomic E-state index is 12.3. The monoisotopic (exact) mass is 682 g/mol. The fourth-order valence-electron chi connectivity index (χ4n) is 2.20. The molecular formula is C20H13I3O3. The molecule has 0 aromatic heterocycles. The average Bonchev–Trinajstić information content (AvgIpc) is 2.64. The first-order chi connectivity index (χ1) is 12.5. The summed E-state index contributed by atoms with van der Waals surface area (Å²) in [7, 11) is 0. The van der Waals surface area contributed by atoms with Gasteiger partial charge >= 0.3 is 5.97 Å². The van der Waals surface area contributed by atoms with E-state index in [9.17, 15) is 4.79 Å². The van der Waals surface area contributed by atoms with E-state index in [0.29, 0.717) is 11.3 Å². The van der Waals surface area contributed by atoms with Crippen molar-refractivity contribution in [1.29, 1.82) is 0 Å². The number of hydrogen-bond acceptors (Lipinski definition) is 3. The maximum Gasteiger partial charge on any atom is 0.339 e. The van der Waals surface area contributed by atoms with Gasteiger partial charge in [0.1, 0.15) is 18.1 Å². The quantitative estimate of drug-likeness (QED) is 0.224. The van der Waals surface area contributed by atoms with Crippen LogP contribution in [0.3, 0.4) is 0 Å². The molecule has 0 aliphatic rings. The molecule has 3 rings (SSSR count). The van der Waals surface area contributed by atoms with Gasteiger partial charge < -0.3 is 9.47 Å². The minimum Gasteiger partial charge on any atom is -0.457 e. The lowest BCUT2D eigenvalue weighted by atomic mass is 10.2. The minimum absolute atomic E-state index is 0.259. The molecule has 0 saturated carbocycles. The molecule has 0 atom stereocenters. The third kappa shape index (κ3) is 5.32. The maximum absolute atomic E-state index is 12.3. The van der Waals surface area contributed by atoms with Gasteiger partial charge in [0.2, 0.25) is 0 Å². The van der Waals surface area contributed by atoms with E-state index in [1.807, 2.05) is 54.6 Å². The molecule has 3 aromatic carbocycles. The van der Waals surface area contributed by atoms with Gasteiger partial charge in [0.05, 0.1) is 5.56 Å². The van der Waals surface area contributed by atoms with Crippen molar-refractivity contribution >= 4 is 73.7 Å². The molecule has 0 saturated heterocycles. The second-order valence-electron chi connectivity index (χ2n) is 5.38. The number of benzene rings is 3. The molecule has 0 amide bonds. The van der Waals surface area contributed by atoms with Crippen LogP contribution in [-0.4, -0.2) is 5.97 Å². The lowest BCUT2D eigenvalue weighted by Gasteiger charge is -2.10. The normalized spacial score (nSPS) is 10.4. The molecule has 0 aliphatic carbocycles. The predicted molar refractivity (Wildman–Crippen MR) is 127 cm³/mol. The molecule has 0 radical (unpaired) electrons. The molecule has 0 spiro atoms. The Morgan fingerprint density at radius 3 is 2.08 bits per heavy atom. The first-order valence-corrected chi connectivity index (χ1v) is 10.9. The highest BCUT2D eigenvalue weighted by Crippen LogP contribution is 2.28. The van der Waals surface area contributed by atoms with Gasteiger partial charge in [-0.25, -0.2) is 4.79 Å². The van der Waals surface area contributed by atoms with Gasteiger partial charge in [0.25, 0.3) is 0 Å². The summed E-state index contributed by atoms with van der Waals surface area (Å²) in [6, 6.07) is 20.9. The summed E-state index contributed by atoms with van der Waals surface area (Å²) in [4.78, 5) is 12.3. The summed E-state index contributed by atoms with van der Waals surface area (Å²) in [6.07, 6.45) is 0. The number of esters is 1. The van der Waals surface area contributed by atoms with Crippen molar-refractivity contribution in [3.8, 4) is 11.5 Å². The molecule has 0 unspecified atom stereocenters. The third-order valence-electron chi connectivity index (χ3n) is 3.50. The molecule has 132 valence electrons. The Morgan fingerprint density at radius 1 is 0.769 bits per heavy atom. The van der Waals surface area contributed by atoms with Crippen molar-refractivity contribution in [2.45, 2.75) is 6.61 Å². The van der Waals surface area contributed by atoms with Crippen LogP contribution >= 0.6 is 67.8 Å². The van der Waals surface area contributed by atoms with Crippen molar-refractivity contribution in [1.82, 2.24) is 0 Å². The Bertz CT molecular complexity index is 927. The van der Waals surface area contributed by atoms with Gasteiger partial charge in [-0.2, -0.15) is 0 Å². The van der Waals surface area contributed by atoms with Crippen LogP contribution in [-0.2, 0) is 11.3 Å². The Morgan fingerprint density at radius 2 is 1.42 bits per heavy atom. The van der Waals surface area contributed by atoms with E-state index in [-0.39, 0.29) is 12.6 Å². The Balaban J connectivity index is 1.68. The van der Waals surface area contributed by atoms with Crippen molar-refractivity contribution in [2.24, 2.45) is 0 Å². The fourth-order valence-corrected chi connectivity index (χ4v) is 3.73. The summed E-state index contributed by atoms with van der Waals surface area (Å²) in [6.45, 7) is 0.259. The van der Waals surface area contributed by atoms with Crippen LogP contribution in [0, 0.1) is 10.7 Å². The second kappa shape index (κ2) is 9.36. The molecule has 6 heteroatoms. The molecule has 0 bridgehead atoms. The molecule has 0 fully saturated rings. The molecule has 0 heterocycles. The minimum atomic E-state index is -0.339. The summed E-state index contributed by atoms with van der Waals surface area (Å²) in [5, 5.41) is 0. The van der Waals surface area contributed by atoms with Gasteiger partial charge in [0, 0.05) is 10.7 Å². The van der Waals surface area contributed by atoms with Crippen LogP contribution in [0.4, 0.5) is 0 Å². The van der Waals surface area contributed by atoms with Crippen LogP contribution in [0.1, 0.15) is 15.9 Å². The average molecular weight is 682 g/mol. The van der Waals surface area contributed by atoms with E-state index in [1.165, 1.54) is 3.57 Å². The van der Waals surface area contributed by atoms with E-state index in [4.69, 9.17) is 9.47 Å². The van der Waals surface area contributed by atoms with Crippen LogP contribution < -0.4 is 4.74 Å². The lowest BCUT2D eigenvalue weighted by Crippen LogP contribution is -2.07. The summed E-state index contributed by atoms with van der Waals surface area (Å²) in [5.74, 6) is 1.12. The number of rotatable bonds is 5. The highest BCUT2D eigenvalue weighted by molar-refractivity contribution is 14.1. The molecule has 3 aromatic rings. The first kappa shape index (κ1) is 19.9. The number of hydrogen-bond donors (Lipinski definition) is 0. The zero-order valence-corrected chi connectivity index (χ0v) is 19.9. The van der Waals surface area contributed by atoms with Gasteiger partial charge in [-0.05, 0) is 110 Å². The summed E-state index contributed by atoms with van der Waals surface area (Å²) in [5.41, 5.74) is 1.50. The van der Waals surface area contributed by atoms with Crippen LogP contribution in [0.5, 0.6) is 11.5 Å². The highest BCUT2D eigenvalue weighted by Gasteiger charge is 2.13. The molecular weight excluding hydrogens is 669 g/mol. The largest absolute Gasteiger partial charge is 0.457 e. The van der Waals surface area contributed by atoms with E-state index in [2.05, 4.69) is 67.8 Å². The van der Waals surface area contributed by atoms with Crippen LogP contribution in [0.2, 0.25) is 0 Å². The SMILES string of the molecule is O=C(OCc1ccccc1)c1ccc(Oc2ccc(I)c(I)c2)cc1I. The number of carbonyl (C=O) groups is 1. The fraction of sp³-hybridized carbons (Fsp3) is 0.0500. The van der Waals surface area contributed by atoms with E-state index < -0.39 is 0 Å². The van der Waals surface area contributed by atoms with Crippen molar-refractivity contribution in [3.63, 3.8) is 0 Å². The zero-order chi connectivity index (χ0) is 18.5. The molecule has 0 N–H and O–H groups in total. The number of ether oxygens (including phenoxy) is 2. The summed E-state index contributed by atoms with van der Waals surface area (Å²) >= 11 is 6.69.